The summed E-state index contributed by atoms with van der Waals surface area (Å²) in [5, 5.41) is 0. The van der Waals surface area contributed by atoms with Gasteiger partial charge in [0.05, 0.1) is 6.61 Å². The fraction of sp³-hybridized carbons (Fsp3) is 0.750. The van der Waals surface area contributed by atoms with Crippen LogP contribution in [0.25, 0.3) is 0 Å². The Bertz CT molecular complexity index is 101. The van der Waals surface area contributed by atoms with Crippen LogP contribution < -0.4 is 29.6 Å². The van der Waals surface area contributed by atoms with Crippen molar-refractivity contribution >= 4 is 14.5 Å². The van der Waals surface area contributed by atoms with E-state index in [1.807, 2.05) is 0 Å². The summed E-state index contributed by atoms with van der Waals surface area (Å²) in [4.78, 5) is 10.1. The van der Waals surface area contributed by atoms with Crippen LogP contribution in [0.2, 0.25) is 0 Å². The van der Waals surface area contributed by atoms with Crippen molar-refractivity contribution in [2.24, 2.45) is 0 Å². The molecule has 0 N–H and O–H groups in total. The number of ketones is 1. The first-order valence-corrected chi connectivity index (χ1v) is 2.94. The van der Waals surface area contributed by atoms with Crippen molar-refractivity contribution in [3.8, 4) is 0 Å². The molecular formula is C4H8NaO3P. The van der Waals surface area contributed by atoms with E-state index in [0.717, 1.165) is 0 Å². The fourth-order valence-electron chi connectivity index (χ4n) is 0.227. The molecule has 3 nitrogen and oxygen atoms in total. The molecule has 48 valence electrons. The summed E-state index contributed by atoms with van der Waals surface area (Å²) in [5.41, 5.74) is 0. The van der Waals surface area contributed by atoms with Gasteiger partial charge in [-0.25, -0.2) is 4.57 Å². The first-order valence-electron chi connectivity index (χ1n) is 2.21. The molecule has 0 amide bonds. The maximum Gasteiger partial charge on any atom is 1.00 e. The predicted octanol–water partition coefficient (Wildman–Crippen LogP) is -1.69. The zero-order valence-corrected chi connectivity index (χ0v) is 8.48. The average molecular weight is 158 g/mol. The monoisotopic (exact) mass is 158 g/mol. The minimum atomic E-state index is -0.352. The number of hydrogen-bond donors (Lipinski definition) is 0. The topological polar surface area (TPSA) is 43.4 Å². The summed E-state index contributed by atoms with van der Waals surface area (Å²) in [6.07, 6.45) is 0.342. The van der Waals surface area contributed by atoms with E-state index in [1.54, 1.807) is 0 Å². The fourth-order valence-corrected chi connectivity index (χ4v) is 0.392. The van der Waals surface area contributed by atoms with E-state index in [-0.39, 0.29) is 52.1 Å². The second kappa shape index (κ2) is 8.73. The quantitative estimate of drug-likeness (QED) is 0.278. The molecule has 0 spiro atoms. The Hall–Kier alpha value is 0.730. The molecule has 9 heavy (non-hydrogen) atoms. The maximum absolute atomic E-state index is 10.1. The van der Waals surface area contributed by atoms with Crippen molar-refractivity contribution in [1.29, 1.82) is 0 Å². The van der Waals surface area contributed by atoms with Gasteiger partial charge in [-0.3, -0.25) is 9.32 Å². The van der Waals surface area contributed by atoms with Crippen LogP contribution in [0.3, 0.4) is 0 Å². The molecular weight excluding hydrogens is 150 g/mol. The SMILES string of the molecule is CC(=O)CCOP=O.[H-].[Na+]. The number of carbonyl (C=O) groups is 1. The minimum absolute atomic E-state index is 0. The van der Waals surface area contributed by atoms with E-state index in [0.29, 0.717) is 6.42 Å². The van der Waals surface area contributed by atoms with Gasteiger partial charge in [-0.2, -0.15) is 0 Å². The van der Waals surface area contributed by atoms with Gasteiger partial charge < -0.3 is 1.43 Å². The Kier molecular flexibility index (Phi) is 12.0. The molecule has 0 atom stereocenters. The normalized spacial score (nSPS) is 8.56. The zero-order chi connectivity index (χ0) is 6.41. The molecule has 0 aromatic rings. The standard InChI is InChI=1S/C4H7O3P.Na.H/c1-4(5)2-3-7-8-6;;/h2-3H2,1H3;;/q;+1;-1. The number of Topliss-reactive ketones (excluding diaryl/α,β-unsaturated/α-hetero) is 1. The van der Waals surface area contributed by atoms with Crippen LogP contribution in [0.4, 0.5) is 0 Å². The zero-order valence-electron chi connectivity index (χ0n) is 6.59. The van der Waals surface area contributed by atoms with E-state index in [4.69, 9.17) is 0 Å². The Morgan fingerprint density at radius 2 is 2.33 bits per heavy atom. The molecule has 0 radical (unpaired) electrons. The van der Waals surface area contributed by atoms with E-state index >= 15 is 0 Å². The molecule has 0 saturated carbocycles. The van der Waals surface area contributed by atoms with Crippen LogP contribution in [-0.4, -0.2) is 12.4 Å². The molecule has 5 heteroatoms. The van der Waals surface area contributed by atoms with Crippen molar-refractivity contribution in [3.63, 3.8) is 0 Å². The third-order valence-corrected chi connectivity index (χ3v) is 0.886. The van der Waals surface area contributed by atoms with Crippen LogP contribution in [0.1, 0.15) is 14.8 Å². The van der Waals surface area contributed by atoms with E-state index in [9.17, 15) is 9.36 Å². The third kappa shape index (κ3) is 12.0. The number of carbonyl (C=O) groups excluding carboxylic acids is 1. The molecule has 0 aliphatic rings. The second-order valence-electron chi connectivity index (χ2n) is 1.36. The van der Waals surface area contributed by atoms with Gasteiger partial charge >= 0.3 is 38.2 Å². The molecule has 0 fully saturated rings. The number of rotatable bonds is 4. The molecule has 0 aromatic carbocycles. The molecule has 0 unspecified atom stereocenters. The van der Waals surface area contributed by atoms with Crippen LogP contribution in [0.5, 0.6) is 0 Å². The smallest absolute Gasteiger partial charge is 1.00 e. The summed E-state index contributed by atoms with van der Waals surface area (Å²) in [6.45, 7) is 1.71. The Balaban J connectivity index is -0.000000245. The maximum atomic E-state index is 10.1. The van der Waals surface area contributed by atoms with Crippen LogP contribution >= 0.6 is 8.69 Å². The van der Waals surface area contributed by atoms with Crippen molar-refractivity contribution < 1.29 is 44.9 Å². The summed E-state index contributed by atoms with van der Waals surface area (Å²) in [7, 11) is -0.352. The van der Waals surface area contributed by atoms with Gasteiger partial charge in [0, 0.05) is 6.42 Å². The van der Waals surface area contributed by atoms with Gasteiger partial charge in [-0.1, -0.05) is 0 Å². The number of hydrogen-bond acceptors (Lipinski definition) is 3. The van der Waals surface area contributed by atoms with Gasteiger partial charge in [0.2, 0.25) is 0 Å². The van der Waals surface area contributed by atoms with Crippen molar-refractivity contribution in [2.45, 2.75) is 13.3 Å². The van der Waals surface area contributed by atoms with E-state index < -0.39 is 0 Å². The van der Waals surface area contributed by atoms with Gasteiger partial charge in [0.25, 0.3) is 0 Å². The third-order valence-electron chi connectivity index (χ3n) is 0.598. The average Bonchev–Trinajstić information content (AvgIpc) is 1.66. The second-order valence-corrected chi connectivity index (χ2v) is 1.77. The minimum Gasteiger partial charge on any atom is -1.00 e. The molecule has 0 saturated heterocycles. The van der Waals surface area contributed by atoms with Gasteiger partial charge in [0.15, 0.2) is 0 Å². The molecule has 0 aliphatic carbocycles. The molecule has 0 heterocycles. The Labute approximate surface area is 79.2 Å². The van der Waals surface area contributed by atoms with Crippen LogP contribution in [0, 0.1) is 0 Å². The van der Waals surface area contributed by atoms with Crippen molar-refractivity contribution in [1.82, 2.24) is 0 Å². The summed E-state index contributed by atoms with van der Waals surface area (Å²) in [6, 6.07) is 0. The first kappa shape index (κ1) is 12.4. The van der Waals surface area contributed by atoms with Crippen molar-refractivity contribution in [2.75, 3.05) is 6.61 Å². The van der Waals surface area contributed by atoms with Gasteiger partial charge in [-0.05, 0) is 6.92 Å². The Morgan fingerprint density at radius 1 is 1.78 bits per heavy atom. The van der Waals surface area contributed by atoms with Crippen LogP contribution in [0.15, 0.2) is 0 Å². The molecule has 0 rings (SSSR count). The Morgan fingerprint density at radius 3 is 2.67 bits per heavy atom. The van der Waals surface area contributed by atoms with E-state index in [2.05, 4.69) is 4.52 Å². The largest absolute Gasteiger partial charge is 1.00 e. The summed E-state index contributed by atoms with van der Waals surface area (Å²) >= 11 is 0. The molecule has 0 bridgehead atoms. The molecule has 0 aliphatic heterocycles. The predicted molar refractivity (Wildman–Crippen MR) is 30.0 cm³/mol. The molecule has 0 aromatic heterocycles. The van der Waals surface area contributed by atoms with E-state index in [1.165, 1.54) is 6.92 Å². The summed E-state index contributed by atoms with van der Waals surface area (Å²) < 4.78 is 13.9. The van der Waals surface area contributed by atoms with Crippen LogP contribution in [-0.2, 0) is 13.9 Å². The van der Waals surface area contributed by atoms with Gasteiger partial charge in [-0.15, -0.1) is 0 Å². The van der Waals surface area contributed by atoms with Crippen molar-refractivity contribution in [3.05, 3.63) is 0 Å². The van der Waals surface area contributed by atoms with Gasteiger partial charge in [0.1, 0.15) is 5.78 Å². The summed E-state index contributed by atoms with van der Waals surface area (Å²) in [5.74, 6) is 0.0497. The first-order chi connectivity index (χ1) is 3.77.